The molecule has 2 aromatic carbocycles. The molecule has 0 spiro atoms. The van der Waals surface area contributed by atoms with Crippen molar-refractivity contribution in [1.82, 2.24) is 0 Å². The van der Waals surface area contributed by atoms with Crippen LogP contribution in [0.15, 0.2) is 36.4 Å². The normalized spacial score (nSPS) is 11.0. The van der Waals surface area contributed by atoms with Crippen LogP contribution in [0.1, 0.15) is 11.1 Å². The summed E-state index contributed by atoms with van der Waals surface area (Å²) in [5.41, 5.74) is 3.95. The molecule has 0 aliphatic carbocycles. The Hall–Kier alpha value is -2.75. The van der Waals surface area contributed by atoms with E-state index < -0.39 is 17.6 Å². The van der Waals surface area contributed by atoms with Gasteiger partial charge in [0.15, 0.2) is 0 Å². The third kappa shape index (κ3) is 3.05. The van der Waals surface area contributed by atoms with Crippen molar-refractivity contribution < 1.29 is 22.3 Å². The van der Waals surface area contributed by atoms with Gasteiger partial charge >= 0.3 is 6.18 Å². The van der Waals surface area contributed by atoms with Gasteiger partial charge in [0.1, 0.15) is 28.9 Å². The number of nitrogen functional groups attached to an aromatic ring is 1. The third-order valence-electron chi connectivity index (χ3n) is 2.64. The van der Waals surface area contributed by atoms with E-state index in [0.717, 1.165) is 18.2 Å². The number of nitrogens with two attached hydrogens (primary N) is 1. The topological polar surface area (TPSA) is 59.0 Å². The number of hydrogen-bond acceptors (Lipinski definition) is 3. The first-order valence-electron chi connectivity index (χ1n) is 5.66. The molecule has 0 aliphatic heterocycles. The van der Waals surface area contributed by atoms with Gasteiger partial charge in [0, 0.05) is 0 Å². The lowest BCUT2D eigenvalue weighted by molar-refractivity contribution is -0.137. The molecule has 0 radical (unpaired) electrons. The third-order valence-corrected chi connectivity index (χ3v) is 2.64. The second kappa shape index (κ2) is 5.32. The summed E-state index contributed by atoms with van der Waals surface area (Å²) < 4.78 is 56.1. The Balaban J connectivity index is 2.38. The van der Waals surface area contributed by atoms with E-state index in [0.29, 0.717) is 6.07 Å². The Bertz CT molecular complexity index is 720. The summed E-state index contributed by atoms with van der Waals surface area (Å²) >= 11 is 0. The van der Waals surface area contributed by atoms with Crippen molar-refractivity contribution in [3.05, 3.63) is 53.3 Å². The molecule has 21 heavy (non-hydrogen) atoms. The molecule has 108 valence electrons. The number of benzene rings is 2. The molecule has 0 heterocycles. The minimum Gasteiger partial charge on any atom is -0.454 e. The molecule has 2 rings (SSSR count). The summed E-state index contributed by atoms with van der Waals surface area (Å²) in [6.45, 7) is 0. The second-order valence-corrected chi connectivity index (χ2v) is 4.08. The van der Waals surface area contributed by atoms with E-state index in [2.05, 4.69) is 0 Å². The van der Waals surface area contributed by atoms with Crippen molar-refractivity contribution in [2.24, 2.45) is 0 Å². The zero-order valence-corrected chi connectivity index (χ0v) is 10.4. The van der Waals surface area contributed by atoms with Gasteiger partial charge in [0.25, 0.3) is 0 Å². The minimum absolute atomic E-state index is 0.0925. The molecular formula is C14H8F4N2O. The van der Waals surface area contributed by atoms with Gasteiger partial charge in [-0.1, -0.05) is 6.07 Å². The van der Waals surface area contributed by atoms with Crippen molar-refractivity contribution >= 4 is 5.69 Å². The van der Waals surface area contributed by atoms with Gasteiger partial charge in [0.05, 0.1) is 11.3 Å². The van der Waals surface area contributed by atoms with Crippen molar-refractivity contribution in [2.75, 3.05) is 5.73 Å². The largest absolute Gasteiger partial charge is 0.454 e. The first kappa shape index (κ1) is 14.7. The molecule has 0 saturated carbocycles. The van der Waals surface area contributed by atoms with Crippen molar-refractivity contribution in [3.63, 3.8) is 0 Å². The fourth-order valence-electron chi connectivity index (χ4n) is 1.63. The van der Waals surface area contributed by atoms with Crippen LogP contribution in [-0.4, -0.2) is 0 Å². The maximum Gasteiger partial charge on any atom is 0.416 e. The maximum absolute atomic E-state index is 13.4. The molecule has 2 N–H and O–H groups in total. The SMILES string of the molecule is N#Cc1c(F)cccc1Oc1ccc(C(F)(F)F)cc1N. The fraction of sp³-hybridized carbons (Fsp3) is 0.0714. The highest BCUT2D eigenvalue weighted by atomic mass is 19.4. The first-order chi connectivity index (χ1) is 9.82. The molecule has 0 aliphatic rings. The highest BCUT2D eigenvalue weighted by Gasteiger charge is 2.31. The highest BCUT2D eigenvalue weighted by Crippen LogP contribution is 2.36. The summed E-state index contributed by atoms with van der Waals surface area (Å²) in [6.07, 6.45) is -4.52. The van der Waals surface area contributed by atoms with E-state index in [4.69, 9.17) is 15.7 Å². The number of rotatable bonds is 2. The summed E-state index contributed by atoms with van der Waals surface area (Å²) in [6, 6.07) is 7.83. The molecular weight excluding hydrogens is 288 g/mol. The van der Waals surface area contributed by atoms with E-state index in [-0.39, 0.29) is 22.7 Å². The number of alkyl halides is 3. The van der Waals surface area contributed by atoms with Crippen LogP contribution in [0.2, 0.25) is 0 Å². The molecule has 0 bridgehead atoms. The van der Waals surface area contributed by atoms with Crippen molar-refractivity contribution in [1.29, 1.82) is 5.26 Å². The molecule has 0 atom stereocenters. The fourth-order valence-corrected chi connectivity index (χ4v) is 1.63. The summed E-state index contributed by atoms with van der Waals surface area (Å²) in [4.78, 5) is 0. The number of ether oxygens (including phenoxy) is 1. The number of nitrogens with zero attached hydrogens (tertiary/aromatic N) is 1. The average molecular weight is 296 g/mol. The van der Waals surface area contributed by atoms with Crippen LogP contribution in [0.4, 0.5) is 23.2 Å². The average Bonchev–Trinajstić information content (AvgIpc) is 2.40. The lowest BCUT2D eigenvalue weighted by Gasteiger charge is -2.12. The predicted octanol–water partition coefficient (Wildman–Crippen LogP) is 4.09. The Morgan fingerprint density at radius 1 is 1.10 bits per heavy atom. The highest BCUT2D eigenvalue weighted by molar-refractivity contribution is 5.57. The van der Waals surface area contributed by atoms with Gasteiger partial charge in [-0.05, 0) is 30.3 Å². The van der Waals surface area contributed by atoms with E-state index in [9.17, 15) is 17.6 Å². The Labute approximate surface area is 117 Å². The molecule has 0 amide bonds. The summed E-state index contributed by atoms with van der Waals surface area (Å²) in [7, 11) is 0. The van der Waals surface area contributed by atoms with Gasteiger partial charge in [-0.15, -0.1) is 0 Å². The Morgan fingerprint density at radius 3 is 2.38 bits per heavy atom. The monoisotopic (exact) mass is 296 g/mol. The number of hydrogen-bond donors (Lipinski definition) is 1. The summed E-state index contributed by atoms with van der Waals surface area (Å²) in [5.74, 6) is -1.01. The molecule has 0 unspecified atom stereocenters. The number of nitriles is 1. The molecule has 0 fully saturated rings. The number of anilines is 1. The lowest BCUT2D eigenvalue weighted by Crippen LogP contribution is -2.06. The van der Waals surface area contributed by atoms with Crippen LogP contribution in [0.25, 0.3) is 0 Å². The van der Waals surface area contributed by atoms with Crippen LogP contribution < -0.4 is 10.5 Å². The van der Waals surface area contributed by atoms with E-state index in [1.54, 1.807) is 6.07 Å². The van der Waals surface area contributed by atoms with E-state index in [1.807, 2.05) is 0 Å². The van der Waals surface area contributed by atoms with Crippen LogP contribution in [-0.2, 0) is 6.18 Å². The van der Waals surface area contributed by atoms with Gasteiger partial charge in [-0.2, -0.15) is 18.4 Å². The van der Waals surface area contributed by atoms with Gasteiger partial charge in [-0.25, -0.2) is 4.39 Å². The molecule has 3 nitrogen and oxygen atoms in total. The second-order valence-electron chi connectivity index (χ2n) is 4.08. The smallest absolute Gasteiger partial charge is 0.416 e. The number of halogens is 4. The van der Waals surface area contributed by atoms with Crippen LogP contribution >= 0.6 is 0 Å². The molecule has 7 heteroatoms. The minimum atomic E-state index is -4.52. The standard InChI is InChI=1S/C14H8F4N2O/c15-10-2-1-3-12(9(10)7-19)21-13-5-4-8(6-11(13)20)14(16,17)18/h1-6H,20H2. The summed E-state index contributed by atoms with van der Waals surface area (Å²) in [5, 5.41) is 8.85. The van der Waals surface area contributed by atoms with Gasteiger partial charge < -0.3 is 10.5 Å². The zero-order valence-electron chi connectivity index (χ0n) is 10.4. The van der Waals surface area contributed by atoms with Crippen LogP contribution in [0, 0.1) is 17.1 Å². The van der Waals surface area contributed by atoms with E-state index in [1.165, 1.54) is 12.1 Å². The van der Waals surface area contributed by atoms with Gasteiger partial charge in [-0.3, -0.25) is 0 Å². The van der Waals surface area contributed by atoms with Crippen molar-refractivity contribution in [2.45, 2.75) is 6.18 Å². The van der Waals surface area contributed by atoms with Crippen LogP contribution in [0.5, 0.6) is 11.5 Å². The van der Waals surface area contributed by atoms with Crippen LogP contribution in [0.3, 0.4) is 0 Å². The Morgan fingerprint density at radius 2 is 1.81 bits per heavy atom. The lowest BCUT2D eigenvalue weighted by atomic mass is 10.1. The Kier molecular flexibility index (Phi) is 3.72. The zero-order chi connectivity index (χ0) is 15.6. The first-order valence-corrected chi connectivity index (χ1v) is 5.66. The van der Waals surface area contributed by atoms with Crippen molar-refractivity contribution in [3.8, 4) is 17.6 Å². The maximum atomic E-state index is 13.4. The van der Waals surface area contributed by atoms with Gasteiger partial charge in [0.2, 0.25) is 0 Å². The predicted molar refractivity (Wildman–Crippen MR) is 67.0 cm³/mol. The molecule has 0 saturated heterocycles. The van der Waals surface area contributed by atoms with E-state index >= 15 is 0 Å². The quantitative estimate of drug-likeness (QED) is 0.670. The molecule has 2 aromatic rings. The molecule has 0 aromatic heterocycles.